The van der Waals surface area contributed by atoms with E-state index >= 15 is 0 Å². The molecule has 0 bridgehead atoms. The number of para-hydroxylation sites is 1. The number of anilines is 1. The summed E-state index contributed by atoms with van der Waals surface area (Å²) in [6.07, 6.45) is 0.499. The average Bonchev–Trinajstić information content (AvgIpc) is 2.76. The summed E-state index contributed by atoms with van der Waals surface area (Å²) >= 11 is 3.49. The molecule has 2 aliphatic rings. The van der Waals surface area contributed by atoms with Gasteiger partial charge in [-0.25, -0.2) is 4.79 Å². The largest absolute Gasteiger partial charge is 0.496 e. The van der Waals surface area contributed by atoms with Crippen LogP contribution in [-0.4, -0.2) is 44.3 Å². The van der Waals surface area contributed by atoms with Crippen LogP contribution in [0.5, 0.6) is 5.75 Å². The third-order valence-electron chi connectivity index (χ3n) is 5.28. The lowest BCUT2D eigenvalue weighted by molar-refractivity contribution is -0.120. The molecule has 9 heteroatoms. The van der Waals surface area contributed by atoms with Gasteiger partial charge in [-0.3, -0.25) is 9.59 Å². The van der Waals surface area contributed by atoms with Crippen LogP contribution >= 0.6 is 15.9 Å². The van der Waals surface area contributed by atoms with Gasteiger partial charge in [0.1, 0.15) is 5.75 Å². The zero-order valence-corrected chi connectivity index (χ0v) is 17.7. The number of urea groups is 1. The number of fused-ring (bicyclic) bond motifs is 3. The summed E-state index contributed by atoms with van der Waals surface area (Å²) in [7, 11) is 1.59. The van der Waals surface area contributed by atoms with Gasteiger partial charge in [0.2, 0.25) is 12.3 Å². The van der Waals surface area contributed by atoms with Gasteiger partial charge in [0, 0.05) is 18.0 Å². The normalized spacial score (nSPS) is 19.7. The van der Waals surface area contributed by atoms with Gasteiger partial charge in [0.05, 0.1) is 35.6 Å². The molecule has 2 atom stereocenters. The lowest BCUT2D eigenvalue weighted by Gasteiger charge is -2.41. The Morgan fingerprint density at radius 2 is 2.17 bits per heavy atom. The smallest absolute Gasteiger partial charge is 0.341 e. The first-order chi connectivity index (χ1) is 14.5. The third kappa shape index (κ3) is 3.56. The van der Waals surface area contributed by atoms with Gasteiger partial charge >= 0.3 is 6.03 Å². The van der Waals surface area contributed by atoms with E-state index in [2.05, 4.69) is 31.6 Å². The zero-order chi connectivity index (χ0) is 21.3. The molecule has 2 aliphatic heterocycles. The molecule has 0 aliphatic carbocycles. The number of nitrogens with one attached hydrogen (secondary N) is 2. The van der Waals surface area contributed by atoms with E-state index in [9.17, 15) is 14.4 Å². The number of hydrogen-bond donors (Lipinski definition) is 2. The predicted molar refractivity (Wildman–Crippen MR) is 115 cm³/mol. The first-order valence-corrected chi connectivity index (χ1v) is 10.1. The number of benzene rings is 2. The molecular weight excluding hydrogens is 452 g/mol. The number of hydrogen-bond acceptors (Lipinski definition) is 4. The van der Waals surface area contributed by atoms with Crippen molar-refractivity contribution in [1.29, 1.82) is 0 Å². The van der Waals surface area contributed by atoms with E-state index in [-0.39, 0.29) is 24.4 Å². The predicted octanol–water partition coefficient (Wildman–Crippen LogP) is 2.42. The molecule has 0 spiro atoms. The Kier molecular flexibility index (Phi) is 5.54. The van der Waals surface area contributed by atoms with Crippen molar-refractivity contribution >= 4 is 45.7 Å². The monoisotopic (exact) mass is 470 g/mol. The van der Waals surface area contributed by atoms with Gasteiger partial charge in [-0.15, -0.1) is 0 Å². The number of rotatable bonds is 5. The lowest BCUT2D eigenvalue weighted by Crippen LogP contribution is -2.52. The Labute approximate surface area is 181 Å². The zero-order valence-electron chi connectivity index (χ0n) is 16.1. The van der Waals surface area contributed by atoms with Crippen molar-refractivity contribution in [3.8, 4) is 5.75 Å². The molecule has 30 heavy (non-hydrogen) atoms. The molecule has 0 saturated carbocycles. The second-order valence-electron chi connectivity index (χ2n) is 6.94. The van der Waals surface area contributed by atoms with Gasteiger partial charge in [-0.1, -0.05) is 24.3 Å². The van der Waals surface area contributed by atoms with Crippen LogP contribution in [0.2, 0.25) is 0 Å². The highest BCUT2D eigenvalue weighted by molar-refractivity contribution is 9.10. The molecule has 4 rings (SSSR count). The van der Waals surface area contributed by atoms with E-state index in [0.717, 1.165) is 15.6 Å². The summed E-state index contributed by atoms with van der Waals surface area (Å²) in [4.78, 5) is 41.8. The van der Waals surface area contributed by atoms with E-state index in [1.165, 1.54) is 0 Å². The van der Waals surface area contributed by atoms with Gasteiger partial charge in [0.25, 0.3) is 0 Å². The van der Waals surface area contributed by atoms with Crippen LogP contribution in [0.3, 0.4) is 0 Å². The number of carbonyl (C=O) groups excluding carboxylic acids is 3. The maximum atomic E-state index is 12.8. The van der Waals surface area contributed by atoms with Gasteiger partial charge in [0.15, 0.2) is 0 Å². The van der Waals surface area contributed by atoms with Crippen molar-refractivity contribution < 1.29 is 19.1 Å². The summed E-state index contributed by atoms with van der Waals surface area (Å²) < 4.78 is 6.07. The second kappa shape index (κ2) is 8.27. The van der Waals surface area contributed by atoms with E-state index in [4.69, 9.17) is 4.74 Å². The maximum Gasteiger partial charge on any atom is 0.341 e. The highest BCUT2D eigenvalue weighted by Crippen LogP contribution is 2.39. The molecule has 0 saturated heterocycles. The van der Waals surface area contributed by atoms with Crippen molar-refractivity contribution in [2.75, 3.05) is 25.1 Å². The molecule has 2 heterocycles. The summed E-state index contributed by atoms with van der Waals surface area (Å²) in [6, 6.07) is 12.2. The molecule has 2 aromatic carbocycles. The molecule has 2 unspecified atom stereocenters. The standard InChI is InChI=1S/C21H19BrN4O4/c1-30-17-7-6-12(8-15(17)22)19-14-10-26(18(28)9-23-11-27)16-5-3-2-4-13(16)20(14)25-21(29)24-19/h2-8,11,14,19H,9-10H2,1H3,(H,23,27)(H,24,29). The van der Waals surface area contributed by atoms with Crippen LogP contribution < -0.4 is 20.3 Å². The second-order valence-corrected chi connectivity index (χ2v) is 7.80. The van der Waals surface area contributed by atoms with Gasteiger partial charge in [-0.05, 0) is 39.7 Å². The van der Waals surface area contributed by atoms with Crippen LogP contribution in [0.4, 0.5) is 10.5 Å². The average molecular weight is 471 g/mol. The Balaban J connectivity index is 1.77. The maximum absolute atomic E-state index is 12.8. The minimum absolute atomic E-state index is 0.109. The van der Waals surface area contributed by atoms with E-state index in [1.54, 1.807) is 12.0 Å². The molecule has 4 amide bonds. The fourth-order valence-electron chi connectivity index (χ4n) is 3.94. The topological polar surface area (TPSA) is 100 Å². The molecule has 154 valence electrons. The Morgan fingerprint density at radius 1 is 1.37 bits per heavy atom. The van der Waals surface area contributed by atoms with Crippen molar-refractivity contribution in [2.45, 2.75) is 6.04 Å². The Morgan fingerprint density at radius 3 is 2.90 bits per heavy atom. The molecule has 0 fully saturated rings. The van der Waals surface area contributed by atoms with Gasteiger partial charge in [-0.2, -0.15) is 4.99 Å². The third-order valence-corrected chi connectivity index (χ3v) is 5.90. The molecule has 2 aromatic rings. The van der Waals surface area contributed by atoms with Crippen molar-refractivity contribution in [1.82, 2.24) is 10.6 Å². The SMILES string of the molecule is COc1ccc(C2NC(=O)N=C3c4ccccc4N(C(=O)CNC=O)CC32)cc1Br. The fourth-order valence-corrected chi connectivity index (χ4v) is 4.50. The van der Waals surface area contributed by atoms with Crippen LogP contribution in [0.25, 0.3) is 0 Å². The number of ether oxygens (including phenoxy) is 1. The molecule has 0 aromatic heterocycles. The van der Waals surface area contributed by atoms with E-state index < -0.39 is 6.03 Å². The number of carbonyl (C=O) groups is 3. The van der Waals surface area contributed by atoms with E-state index in [1.807, 2.05) is 42.5 Å². The quantitative estimate of drug-likeness (QED) is 0.655. The van der Waals surface area contributed by atoms with Crippen LogP contribution in [0.15, 0.2) is 51.9 Å². The Bertz CT molecular complexity index is 1060. The summed E-state index contributed by atoms with van der Waals surface area (Å²) in [5.41, 5.74) is 2.93. The molecule has 8 nitrogen and oxygen atoms in total. The first kappa shape index (κ1) is 20.1. The number of halogens is 1. The van der Waals surface area contributed by atoms with Crippen LogP contribution in [0.1, 0.15) is 17.2 Å². The van der Waals surface area contributed by atoms with Crippen LogP contribution in [0, 0.1) is 5.92 Å². The highest BCUT2D eigenvalue weighted by Gasteiger charge is 2.41. The number of amides is 4. The highest BCUT2D eigenvalue weighted by atomic mass is 79.9. The fraction of sp³-hybridized carbons (Fsp3) is 0.238. The minimum atomic E-state index is -0.421. The van der Waals surface area contributed by atoms with Gasteiger partial charge < -0.3 is 20.3 Å². The lowest BCUT2D eigenvalue weighted by atomic mass is 9.81. The number of methoxy groups -OCH3 is 1. The number of nitrogens with zero attached hydrogens (tertiary/aromatic N) is 2. The van der Waals surface area contributed by atoms with Crippen molar-refractivity contribution in [3.63, 3.8) is 0 Å². The van der Waals surface area contributed by atoms with Crippen molar-refractivity contribution in [3.05, 3.63) is 58.1 Å². The number of aliphatic imine (C=N–C) groups is 1. The summed E-state index contributed by atoms with van der Waals surface area (Å²) in [5.74, 6) is 0.193. The molecule has 0 radical (unpaired) electrons. The summed E-state index contributed by atoms with van der Waals surface area (Å²) in [6.45, 7) is 0.214. The molecule has 2 N–H and O–H groups in total. The first-order valence-electron chi connectivity index (χ1n) is 9.32. The van der Waals surface area contributed by atoms with E-state index in [0.29, 0.717) is 30.1 Å². The van der Waals surface area contributed by atoms with Crippen LogP contribution in [-0.2, 0) is 9.59 Å². The van der Waals surface area contributed by atoms with Crippen molar-refractivity contribution in [2.24, 2.45) is 10.9 Å². The Hall–Kier alpha value is -3.20. The summed E-state index contributed by atoms with van der Waals surface area (Å²) in [5, 5.41) is 5.36. The minimum Gasteiger partial charge on any atom is -0.496 e. The molecular formula is C21H19BrN4O4.